The van der Waals surface area contributed by atoms with Gasteiger partial charge in [-0.15, -0.1) is 11.3 Å². The first-order valence-electron chi connectivity index (χ1n) is 22.9. The van der Waals surface area contributed by atoms with E-state index >= 15 is 0 Å². The standard InChI is InChI=1S/C45H27N3OS/c1-2-11-28(12-3-1)43-46-44(48-45(47-43)33-23-24-36-35-17-4-6-21-39(35)49-40(36)27-33)32-16-9-14-30(26-32)29-13-8-15-31(25-29)34-19-10-20-38-37-18-5-7-22-41(37)50-42(34)38/h1-27H/i5D,7D,8D,9D,10D,13D,14D,15D,16D,18D,19D,20D,22D,25D,26D. The second-order valence-electron chi connectivity index (χ2n) is 11.2. The Labute approximate surface area is 313 Å². The minimum absolute atomic E-state index is 0.00671. The summed E-state index contributed by atoms with van der Waals surface area (Å²) in [6.45, 7) is 0. The van der Waals surface area contributed by atoms with Crippen LogP contribution in [0.1, 0.15) is 20.6 Å². The minimum Gasteiger partial charge on any atom is -0.456 e. The van der Waals surface area contributed by atoms with Crippen molar-refractivity contribution in [2.45, 2.75) is 0 Å². The third-order valence-electron chi connectivity index (χ3n) is 8.21. The van der Waals surface area contributed by atoms with Crippen molar-refractivity contribution in [2.24, 2.45) is 0 Å². The van der Waals surface area contributed by atoms with Crippen LogP contribution in [-0.4, -0.2) is 15.0 Å². The average Bonchev–Trinajstić information content (AvgIpc) is 3.90. The molecule has 5 heteroatoms. The number of benzene rings is 7. The van der Waals surface area contributed by atoms with Crippen molar-refractivity contribution in [1.82, 2.24) is 15.0 Å². The third-order valence-corrected chi connectivity index (χ3v) is 9.34. The van der Waals surface area contributed by atoms with Crippen molar-refractivity contribution in [1.29, 1.82) is 0 Å². The summed E-state index contributed by atoms with van der Waals surface area (Å²) >= 11 is 0.758. The predicted octanol–water partition coefficient (Wildman–Crippen LogP) is 12.5. The quantitative estimate of drug-likeness (QED) is 0.183. The zero-order valence-corrected chi connectivity index (χ0v) is 26.4. The lowest BCUT2D eigenvalue weighted by atomic mass is 9.97. The van der Waals surface area contributed by atoms with E-state index in [9.17, 15) is 2.74 Å². The minimum atomic E-state index is -0.804. The lowest BCUT2D eigenvalue weighted by Gasteiger charge is -2.11. The van der Waals surface area contributed by atoms with Crippen LogP contribution in [0.3, 0.4) is 0 Å². The van der Waals surface area contributed by atoms with Crippen LogP contribution in [0.15, 0.2) is 168 Å². The van der Waals surface area contributed by atoms with Crippen LogP contribution in [0.4, 0.5) is 0 Å². The van der Waals surface area contributed by atoms with Gasteiger partial charge in [-0.3, -0.25) is 0 Å². The number of hydrogen-bond acceptors (Lipinski definition) is 5. The normalized spacial score (nSPS) is 15.8. The van der Waals surface area contributed by atoms with E-state index in [2.05, 4.69) is 4.98 Å². The Bertz CT molecular complexity index is 3740. The van der Waals surface area contributed by atoms with Gasteiger partial charge in [0.25, 0.3) is 0 Å². The van der Waals surface area contributed by atoms with Gasteiger partial charge >= 0.3 is 0 Å². The van der Waals surface area contributed by atoms with Gasteiger partial charge in [0.2, 0.25) is 0 Å². The lowest BCUT2D eigenvalue weighted by molar-refractivity contribution is 0.669. The molecule has 3 aromatic heterocycles. The van der Waals surface area contributed by atoms with Crippen molar-refractivity contribution >= 4 is 53.4 Å². The average molecular weight is 673 g/mol. The Morgan fingerprint density at radius 1 is 0.460 bits per heavy atom. The first-order chi connectivity index (χ1) is 31.0. The molecule has 0 unspecified atom stereocenters. The summed E-state index contributed by atoms with van der Waals surface area (Å²) in [4.78, 5) is 14.1. The molecule has 3 heterocycles. The SMILES string of the molecule is [2H]c1c([2H])c(-c2nc(-c3ccccc3)nc(-c3ccc4c(c3)oc3ccccc34)n2)c([2H])c(-c2c([2H])c([2H])c([2H])c(-c3c([2H])c([2H])c([2H])c4c3sc3c([2H])c([2H])c([2H])c([2H])c34)c2[2H])c1[2H]. The molecule has 4 nitrogen and oxygen atoms in total. The van der Waals surface area contributed by atoms with E-state index in [-0.39, 0.29) is 48.8 Å². The highest BCUT2D eigenvalue weighted by molar-refractivity contribution is 7.26. The fourth-order valence-corrected chi connectivity index (χ4v) is 6.95. The summed E-state index contributed by atoms with van der Waals surface area (Å²) in [5, 5.41) is 1.51. The van der Waals surface area contributed by atoms with E-state index in [0.29, 0.717) is 22.3 Å². The van der Waals surface area contributed by atoms with E-state index < -0.39 is 107 Å². The summed E-state index contributed by atoms with van der Waals surface area (Å²) in [5.74, 6) is -0.0132. The summed E-state index contributed by atoms with van der Waals surface area (Å²) in [6, 6.07) is 11.9. The summed E-state index contributed by atoms with van der Waals surface area (Å²) in [5.41, 5.74) is -0.0806. The molecule has 0 aliphatic carbocycles. The van der Waals surface area contributed by atoms with Crippen molar-refractivity contribution < 1.29 is 25.0 Å². The Morgan fingerprint density at radius 3 is 1.96 bits per heavy atom. The van der Waals surface area contributed by atoms with Gasteiger partial charge < -0.3 is 4.42 Å². The molecule has 0 radical (unpaired) electrons. The first-order valence-corrected chi connectivity index (χ1v) is 16.2. The third kappa shape index (κ3) is 4.87. The van der Waals surface area contributed by atoms with E-state index in [0.717, 1.165) is 22.1 Å². The molecule has 0 amide bonds. The highest BCUT2D eigenvalue weighted by Gasteiger charge is 2.16. The van der Waals surface area contributed by atoms with Crippen LogP contribution in [0.2, 0.25) is 0 Å². The maximum absolute atomic E-state index is 9.63. The van der Waals surface area contributed by atoms with Gasteiger partial charge in [0.1, 0.15) is 11.2 Å². The van der Waals surface area contributed by atoms with Crippen LogP contribution >= 0.6 is 11.3 Å². The molecule has 10 aromatic rings. The molecular formula is C45H27N3OS. The number of para-hydroxylation sites is 1. The molecule has 0 saturated heterocycles. The van der Waals surface area contributed by atoms with Crippen LogP contribution in [-0.2, 0) is 0 Å². The van der Waals surface area contributed by atoms with Crippen molar-refractivity contribution in [2.75, 3.05) is 0 Å². The molecule has 50 heavy (non-hydrogen) atoms. The Morgan fingerprint density at radius 2 is 1.10 bits per heavy atom. The van der Waals surface area contributed by atoms with Crippen molar-refractivity contribution in [3.63, 3.8) is 0 Å². The zero-order chi connectivity index (χ0) is 46.1. The Hall–Kier alpha value is -6.43. The van der Waals surface area contributed by atoms with Gasteiger partial charge in [-0.05, 0) is 58.6 Å². The molecule has 0 atom stereocenters. The van der Waals surface area contributed by atoms with Gasteiger partial charge in [-0.1, -0.05) is 127 Å². The summed E-state index contributed by atoms with van der Waals surface area (Å²) in [7, 11) is 0. The number of rotatable bonds is 5. The maximum atomic E-state index is 9.63. The van der Waals surface area contributed by atoms with E-state index in [1.54, 1.807) is 42.5 Å². The summed E-state index contributed by atoms with van der Waals surface area (Å²) in [6.07, 6.45) is 0. The molecule has 0 bridgehead atoms. The number of aromatic nitrogens is 3. The molecule has 0 fully saturated rings. The van der Waals surface area contributed by atoms with Gasteiger partial charge in [0.15, 0.2) is 17.5 Å². The first kappa shape index (κ1) is 17.3. The molecule has 0 N–H and O–H groups in total. The number of thiophene rings is 1. The highest BCUT2D eigenvalue weighted by atomic mass is 32.1. The molecule has 0 aliphatic rings. The number of hydrogen-bond donors (Lipinski definition) is 0. The van der Waals surface area contributed by atoms with Crippen LogP contribution in [0, 0.1) is 0 Å². The molecule has 0 saturated carbocycles. The Kier molecular flexibility index (Phi) is 4.02. The van der Waals surface area contributed by atoms with Gasteiger partial charge in [0, 0.05) is 47.6 Å². The second kappa shape index (κ2) is 11.6. The topological polar surface area (TPSA) is 51.8 Å². The van der Waals surface area contributed by atoms with E-state index in [1.165, 1.54) is 0 Å². The molecule has 0 aliphatic heterocycles. The molecule has 234 valence electrons. The molecule has 0 spiro atoms. The monoisotopic (exact) mass is 672 g/mol. The van der Waals surface area contributed by atoms with Gasteiger partial charge in [-0.25, -0.2) is 15.0 Å². The second-order valence-corrected chi connectivity index (χ2v) is 12.3. The van der Waals surface area contributed by atoms with Crippen LogP contribution < -0.4 is 0 Å². The molecule has 7 aromatic carbocycles. The van der Waals surface area contributed by atoms with Crippen molar-refractivity contribution in [3.8, 4) is 56.4 Å². The predicted molar refractivity (Wildman–Crippen MR) is 207 cm³/mol. The van der Waals surface area contributed by atoms with E-state index in [1.807, 2.05) is 30.3 Å². The van der Waals surface area contributed by atoms with Gasteiger partial charge in [0.05, 0.1) is 20.6 Å². The number of furan rings is 1. The number of fused-ring (bicyclic) bond motifs is 6. The summed E-state index contributed by atoms with van der Waals surface area (Å²) < 4.78 is 140. The van der Waals surface area contributed by atoms with Crippen LogP contribution in [0.5, 0.6) is 0 Å². The fourth-order valence-electron chi connectivity index (χ4n) is 5.88. The lowest BCUT2D eigenvalue weighted by Crippen LogP contribution is -2.00. The zero-order valence-electron chi connectivity index (χ0n) is 40.6. The van der Waals surface area contributed by atoms with E-state index in [4.69, 9.17) is 32.2 Å². The van der Waals surface area contributed by atoms with Gasteiger partial charge in [-0.2, -0.15) is 0 Å². The maximum Gasteiger partial charge on any atom is 0.164 e. The molecular weight excluding hydrogens is 631 g/mol. The van der Waals surface area contributed by atoms with Crippen LogP contribution in [0.25, 0.3) is 98.5 Å². The largest absolute Gasteiger partial charge is 0.456 e. The fraction of sp³-hybridized carbons (Fsp3) is 0. The Balaban J connectivity index is 1.25. The number of nitrogens with zero attached hydrogens (tertiary/aromatic N) is 3. The highest BCUT2D eigenvalue weighted by Crippen LogP contribution is 2.41. The molecule has 10 rings (SSSR count). The van der Waals surface area contributed by atoms with Crippen molar-refractivity contribution in [3.05, 3.63) is 163 Å². The smallest absolute Gasteiger partial charge is 0.164 e.